The number of likely N-dealkylation sites (tertiary alicyclic amines) is 1. The first kappa shape index (κ1) is 23.6. The van der Waals surface area contributed by atoms with Gasteiger partial charge in [-0.15, -0.1) is 0 Å². The Bertz CT molecular complexity index is 1020. The molecule has 6 nitrogen and oxygen atoms in total. The fraction of sp³-hybridized carbons (Fsp3) is 0.435. The summed E-state index contributed by atoms with van der Waals surface area (Å²) in [4.78, 5) is 15.3. The normalized spacial score (nSPS) is 15.6. The number of nitrogens with one attached hydrogen (secondary N) is 1. The van der Waals surface area contributed by atoms with E-state index in [9.17, 15) is 13.2 Å². The van der Waals surface area contributed by atoms with Crippen LogP contribution < -0.4 is 9.62 Å². The molecule has 3 rings (SSSR count). The minimum Gasteiger partial charge on any atom is -0.350 e. The summed E-state index contributed by atoms with van der Waals surface area (Å²) in [5.74, 6) is -0.369. The topological polar surface area (TPSA) is 69.7 Å². The number of anilines is 1. The van der Waals surface area contributed by atoms with Gasteiger partial charge in [-0.2, -0.15) is 0 Å². The molecule has 8 heteroatoms. The second-order valence-electron chi connectivity index (χ2n) is 8.18. The maximum Gasteiger partial charge on any atom is 0.243 e. The van der Waals surface area contributed by atoms with Crippen molar-refractivity contribution in [2.45, 2.75) is 45.8 Å². The van der Waals surface area contributed by atoms with Gasteiger partial charge in [-0.25, -0.2) is 8.42 Å². The third kappa shape index (κ3) is 6.21. The molecular weight excluding hydrogens is 434 g/mol. The maximum absolute atomic E-state index is 12.8. The summed E-state index contributed by atoms with van der Waals surface area (Å²) < 4.78 is 26.1. The van der Waals surface area contributed by atoms with Crippen LogP contribution in [0.3, 0.4) is 0 Å². The lowest BCUT2D eigenvalue weighted by atomic mass is 10.1. The Labute approximate surface area is 190 Å². The second-order valence-corrected chi connectivity index (χ2v) is 10.5. The highest BCUT2D eigenvalue weighted by atomic mass is 35.5. The Morgan fingerprint density at radius 3 is 2.35 bits per heavy atom. The van der Waals surface area contributed by atoms with E-state index in [0.717, 1.165) is 41.3 Å². The Hall–Kier alpha value is -2.09. The first-order valence-corrected chi connectivity index (χ1v) is 12.7. The number of nitrogens with zero attached hydrogens (tertiary/aromatic N) is 2. The van der Waals surface area contributed by atoms with Gasteiger partial charge in [-0.1, -0.05) is 41.9 Å². The van der Waals surface area contributed by atoms with E-state index < -0.39 is 16.1 Å². The van der Waals surface area contributed by atoms with Crippen LogP contribution >= 0.6 is 11.6 Å². The van der Waals surface area contributed by atoms with Gasteiger partial charge in [0.05, 0.1) is 11.9 Å². The van der Waals surface area contributed by atoms with Crippen LogP contribution in [-0.2, 0) is 27.9 Å². The van der Waals surface area contributed by atoms with Gasteiger partial charge in [-0.05, 0) is 68.6 Å². The number of carbonyl (C=O) groups is 1. The van der Waals surface area contributed by atoms with Crippen molar-refractivity contribution >= 4 is 33.2 Å². The number of benzene rings is 2. The highest BCUT2D eigenvalue weighted by Crippen LogP contribution is 2.28. The van der Waals surface area contributed by atoms with Crippen molar-refractivity contribution in [1.29, 1.82) is 0 Å². The van der Waals surface area contributed by atoms with E-state index in [1.807, 2.05) is 12.1 Å². The molecule has 31 heavy (non-hydrogen) atoms. The Morgan fingerprint density at radius 2 is 1.74 bits per heavy atom. The van der Waals surface area contributed by atoms with Crippen molar-refractivity contribution in [2.24, 2.45) is 0 Å². The van der Waals surface area contributed by atoms with Crippen molar-refractivity contribution in [1.82, 2.24) is 10.2 Å². The number of rotatable bonds is 8. The first-order valence-electron chi connectivity index (χ1n) is 10.5. The van der Waals surface area contributed by atoms with Gasteiger partial charge in [0.1, 0.15) is 6.04 Å². The van der Waals surface area contributed by atoms with Crippen molar-refractivity contribution in [3.63, 3.8) is 0 Å². The van der Waals surface area contributed by atoms with Crippen LogP contribution in [0.1, 0.15) is 36.5 Å². The van der Waals surface area contributed by atoms with Gasteiger partial charge in [0, 0.05) is 18.1 Å². The maximum atomic E-state index is 12.8. The number of amides is 1. The number of aryl methyl sites for hydroxylation is 1. The summed E-state index contributed by atoms with van der Waals surface area (Å²) in [7, 11) is -3.69. The summed E-state index contributed by atoms with van der Waals surface area (Å²) in [6, 6.07) is 12.3. The molecule has 1 aliphatic heterocycles. The van der Waals surface area contributed by atoms with Gasteiger partial charge in [-0.3, -0.25) is 14.0 Å². The molecular formula is C23H30ClN3O3S. The van der Waals surface area contributed by atoms with Crippen LogP contribution in [0.15, 0.2) is 42.5 Å². The van der Waals surface area contributed by atoms with Crippen molar-refractivity contribution < 1.29 is 13.2 Å². The summed E-state index contributed by atoms with van der Waals surface area (Å²) in [6.45, 7) is 6.95. The predicted octanol–water partition coefficient (Wildman–Crippen LogP) is 3.72. The third-order valence-corrected chi connectivity index (χ3v) is 7.05. The largest absolute Gasteiger partial charge is 0.350 e. The summed E-state index contributed by atoms with van der Waals surface area (Å²) in [5.41, 5.74) is 3.35. The lowest BCUT2D eigenvalue weighted by Crippen LogP contribution is -2.48. The molecule has 2 aromatic rings. The average Bonchev–Trinajstić information content (AvgIpc) is 3.22. The molecule has 168 valence electrons. The van der Waals surface area contributed by atoms with E-state index in [-0.39, 0.29) is 5.91 Å². The van der Waals surface area contributed by atoms with E-state index in [2.05, 4.69) is 22.3 Å². The fourth-order valence-electron chi connectivity index (χ4n) is 3.90. The minimum atomic E-state index is -3.69. The van der Waals surface area contributed by atoms with Gasteiger partial charge < -0.3 is 5.32 Å². The molecule has 1 aliphatic rings. The number of sulfonamides is 1. The van der Waals surface area contributed by atoms with Crippen molar-refractivity contribution in [3.05, 3.63) is 64.2 Å². The zero-order valence-electron chi connectivity index (χ0n) is 18.3. The van der Waals surface area contributed by atoms with Crippen LogP contribution in [-0.4, -0.2) is 44.6 Å². The Morgan fingerprint density at radius 1 is 1.13 bits per heavy atom. The van der Waals surface area contributed by atoms with Gasteiger partial charge in [0.2, 0.25) is 15.9 Å². The zero-order chi connectivity index (χ0) is 22.6. The number of halogens is 1. The van der Waals surface area contributed by atoms with Crippen LogP contribution in [0.4, 0.5) is 5.69 Å². The van der Waals surface area contributed by atoms with E-state index in [0.29, 0.717) is 17.3 Å². The molecule has 0 aromatic heterocycles. The lowest BCUT2D eigenvalue weighted by Gasteiger charge is -2.29. The highest BCUT2D eigenvalue weighted by molar-refractivity contribution is 7.92. The molecule has 0 saturated carbocycles. The van der Waals surface area contributed by atoms with Gasteiger partial charge >= 0.3 is 0 Å². The lowest BCUT2D eigenvalue weighted by molar-refractivity contribution is -0.122. The molecule has 1 atom stereocenters. The van der Waals surface area contributed by atoms with Crippen molar-refractivity contribution in [2.75, 3.05) is 23.7 Å². The molecule has 1 N–H and O–H groups in total. The molecule has 1 heterocycles. The first-order chi connectivity index (χ1) is 14.6. The molecule has 0 bridgehead atoms. The summed E-state index contributed by atoms with van der Waals surface area (Å²) >= 11 is 6.08. The molecule has 2 aromatic carbocycles. The monoisotopic (exact) mass is 463 g/mol. The SMILES string of the molecule is Cc1ccc(Cl)cc1N([C@H](C)C(=O)NCc1ccc(CN2CCCC2)cc1)S(C)(=O)=O. The zero-order valence-corrected chi connectivity index (χ0v) is 19.8. The third-order valence-electron chi connectivity index (χ3n) is 5.59. The molecule has 0 aliphatic carbocycles. The number of hydrogen-bond donors (Lipinski definition) is 1. The standard InChI is InChI=1S/C23H30ClN3O3S/c1-17-6-11-21(24)14-22(17)27(31(3,29)30)18(2)23(28)25-15-19-7-9-20(10-8-19)16-26-12-4-5-13-26/h6-11,14,18H,4-5,12-13,15-16H2,1-3H3,(H,25,28)/t18-/m1/s1. The Balaban J connectivity index is 1.66. The van der Waals surface area contributed by atoms with Crippen LogP contribution in [0, 0.1) is 6.92 Å². The van der Waals surface area contributed by atoms with Crippen molar-refractivity contribution in [3.8, 4) is 0 Å². The second kappa shape index (κ2) is 10.0. The summed E-state index contributed by atoms with van der Waals surface area (Å²) in [5, 5.41) is 3.27. The van der Waals surface area contributed by atoms with E-state index >= 15 is 0 Å². The molecule has 1 fully saturated rings. The van der Waals surface area contributed by atoms with Gasteiger partial charge in [0.15, 0.2) is 0 Å². The smallest absolute Gasteiger partial charge is 0.243 e. The number of carbonyl (C=O) groups excluding carboxylic acids is 1. The van der Waals surface area contributed by atoms with Gasteiger partial charge in [0.25, 0.3) is 0 Å². The van der Waals surface area contributed by atoms with E-state index in [1.165, 1.54) is 18.4 Å². The molecule has 1 amide bonds. The van der Waals surface area contributed by atoms with E-state index in [4.69, 9.17) is 11.6 Å². The predicted molar refractivity (Wildman–Crippen MR) is 126 cm³/mol. The van der Waals surface area contributed by atoms with Crippen LogP contribution in [0.25, 0.3) is 0 Å². The minimum absolute atomic E-state index is 0.333. The molecule has 0 unspecified atom stereocenters. The molecule has 1 saturated heterocycles. The highest BCUT2D eigenvalue weighted by Gasteiger charge is 2.30. The van der Waals surface area contributed by atoms with Crippen LogP contribution in [0.5, 0.6) is 0 Å². The van der Waals surface area contributed by atoms with E-state index in [1.54, 1.807) is 32.0 Å². The molecule has 0 radical (unpaired) electrons. The quantitative estimate of drug-likeness (QED) is 0.647. The average molecular weight is 464 g/mol. The Kier molecular flexibility index (Phi) is 7.62. The summed E-state index contributed by atoms with van der Waals surface area (Å²) in [6.07, 6.45) is 3.62. The molecule has 0 spiro atoms. The number of hydrogen-bond acceptors (Lipinski definition) is 4. The fourth-order valence-corrected chi connectivity index (χ4v) is 5.29. The van der Waals surface area contributed by atoms with Crippen LogP contribution in [0.2, 0.25) is 5.02 Å².